The van der Waals surface area contributed by atoms with Crippen molar-refractivity contribution >= 4 is 21.2 Å². The fourth-order valence-corrected chi connectivity index (χ4v) is 2.85. The number of hydrogen-bond acceptors (Lipinski definition) is 5. The Morgan fingerprint density at radius 2 is 1.48 bits per heavy atom. The van der Waals surface area contributed by atoms with Gasteiger partial charge < -0.3 is 30.4 Å². The smallest absolute Gasteiger partial charge is 0.348 e. The highest BCUT2D eigenvalue weighted by Gasteiger charge is 2.38. The highest BCUT2D eigenvalue weighted by atomic mass is 31.2. The van der Waals surface area contributed by atoms with Crippen LogP contribution in [-0.2, 0) is 13.9 Å². The first-order chi connectivity index (χ1) is 11.3. The van der Waals surface area contributed by atoms with E-state index in [1.165, 1.54) is 11.8 Å². The molecule has 0 saturated carbocycles. The van der Waals surface area contributed by atoms with Crippen LogP contribution in [0.25, 0.3) is 0 Å². The van der Waals surface area contributed by atoms with Gasteiger partial charge in [-0.1, -0.05) is 12.2 Å². The second-order valence-corrected chi connectivity index (χ2v) is 8.63. The van der Waals surface area contributed by atoms with Gasteiger partial charge in [-0.25, -0.2) is 0 Å². The van der Waals surface area contributed by atoms with Crippen LogP contribution in [0, 0.1) is 0 Å². The molecule has 0 saturated heterocycles. The minimum absolute atomic E-state index is 0.123. The predicted molar refractivity (Wildman–Crippen MR) is 92.9 cm³/mol. The molecule has 0 unspecified atom stereocenters. The van der Waals surface area contributed by atoms with Gasteiger partial charge in [0.1, 0.15) is 5.54 Å². The van der Waals surface area contributed by atoms with Crippen LogP contribution in [0.15, 0.2) is 23.8 Å². The van der Waals surface area contributed by atoms with E-state index in [-0.39, 0.29) is 19.5 Å². The predicted octanol–water partition coefficient (Wildman–Crippen LogP) is 0.644. The second kappa shape index (κ2) is 10.4. The Kier molecular flexibility index (Phi) is 10.0. The summed E-state index contributed by atoms with van der Waals surface area (Å²) >= 11 is 0. The van der Waals surface area contributed by atoms with Gasteiger partial charge in [0, 0.05) is 24.7 Å². The minimum atomic E-state index is -4.39. The summed E-state index contributed by atoms with van der Waals surface area (Å²) in [6.45, 7) is 1.60. The average molecular weight is 400 g/mol. The number of hydrogen-bond donors (Lipinski definition) is 6. The average Bonchev–Trinajstić information content (AvgIpc) is 2.43. The van der Waals surface area contributed by atoms with Gasteiger partial charge in [-0.2, -0.15) is 0 Å². The molecule has 25 heavy (non-hydrogen) atoms. The number of carboxylic acids is 1. The lowest BCUT2D eigenvalue weighted by Crippen LogP contribution is -2.52. The third-order valence-electron chi connectivity index (χ3n) is 3.53. The summed E-state index contributed by atoms with van der Waals surface area (Å²) in [5, 5.41) is 9.59. The van der Waals surface area contributed by atoms with Gasteiger partial charge in [-0.05, 0) is 32.7 Å². The van der Waals surface area contributed by atoms with Crippen LogP contribution in [0.3, 0.4) is 0 Å². The first-order valence-corrected chi connectivity index (χ1v) is 10.8. The third-order valence-corrected chi connectivity index (χ3v) is 4.73. The molecule has 0 aliphatic rings. The Hall–Kier alpha value is -0.830. The third kappa shape index (κ3) is 10.7. The molecule has 7 N–H and O–H groups in total. The molecular formula is C13H26N2O8P2. The first kappa shape index (κ1) is 24.2. The minimum Gasteiger partial charge on any atom is -0.480 e. The number of unbranched alkanes of at least 4 members (excludes halogenated alkanes) is 1. The summed E-state index contributed by atoms with van der Waals surface area (Å²) in [6, 6.07) is 0. The molecule has 0 aromatic rings. The zero-order valence-corrected chi connectivity index (χ0v) is 15.7. The largest absolute Gasteiger partial charge is 0.480 e. The molecule has 0 bridgehead atoms. The number of nitrogens with zero attached hydrogens (tertiary/aromatic N) is 1. The van der Waals surface area contributed by atoms with Crippen molar-refractivity contribution in [3.05, 3.63) is 23.8 Å². The standard InChI is InChI=1S/C13H26N2O8P2/c1-13(12(16)17,6-2-3-7-14)15(8-4-10-24(18,19)20)9-5-11-25(21,22)23/h4-5,10-11H,2-3,6-9,14H2,1H3,(H,16,17)(H2,18,19,20)(H2,21,22,23)/t13-/m0/s1. The molecule has 0 fully saturated rings. The van der Waals surface area contributed by atoms with Crippen LogP contribution in [0.2, 0.25) is 0 Å². The molecule has 0 heterocycles. The molecule has 1 atom stereocenters. The normalized spacial score (nSPS) is 16.0. The van der Waals surface area contributed by atoms with Crippen molar-refractivity contribution in [2.24, 2.45) is 5.73 Å². The number of carboxylic acid groups (broad SMARTS) is 1. The summed E-state index contributed by atoms with van der Waals surface area (Å²) < 4.78 is 21.8. The van der Waals surface area contributed by atoms with Crippen LogP contribution < -0.4 is 5.73 Å². The van der Waals surface area contributed by atoms with Crippen molar-refractivity contribution in [3.8, 4) is 0 Å². The number of nitrogens with two attached hydrogens (primary N) is 1. The van der Waals surface area contributed by atoms with Gasteiger partial charge in [0.05, 0.1) is 0 Å². The molecule has 146 valence electrons. The zero-order chi connectivity index (χ0) is 19.7. The van der Waals surface area contributed by atoms with Crippen molar-refractivity contribution in [2.75, 3.05) is 19.6 Å². The van der Waals surface area contributed by atoms with E-state index in [9.17, 15) is 19.0 Å². The highest BCUT2D eigenvalue weighted by Crippen LogP contribution is 2.37. The maximum atomic E-state index is 11.7. The van der Waals surface area contributed by atoms with Crippen molar-refractivity contribution in [2.45, 2.75) is 31.7 Å². The fourth-order valence-electron chi connectivity index (χ4n) is 2.11. The van der Waals surface area contributed by atoms with E-state index in [1.807, 2.05) is 0 Å². The lowest BCUT2D eigenvalue weighted by molar-refractivity contribution is -0.150. The van der Waals surface area contributed by atoms with Crippen molar-refractivity contribution in [1.29, 1.82) is 0 Å². The Labute approximate surface area is 146 Å². The molecule has 0 aromatic carbocycles. The van der Waals surface area contributed by atoms with E-state index in [4.69, 9.17) is 25.3 Å². The molecule has 12 heteroatoms. The summed E-state index contributed by atoms with van der Waals surface area (Å²) in [6.07, 6.45) is 3.60. The van der Waals surface area contributed by atoms with Crippen molar-refractivity contribution in [1.82, 2.24) is 4.90 Å². The summed E-state index contributed by atoms with van der Waals surface area (Å²) in [7, 11) is -8.78. The SMILES string of the molecule is C[C@](CCCCN)(C(=O)O)N(CC=CP(=O)(O)O)CC=CP(=O)(O)O. The number of aliphatic carboxylic acids is 1. The second-order valence-electron chi connectivity index (χ2n) is 5.68. The van der Waals surface area contributed by atoms with E-state index in [0.29, 0.717) is 31.0 Å². The van der Waals surface area contributed by atoms with Crippen molar-refractivity contribution < 1.29 is 38.6 Å². The highest BCUT2D eigenvalue weighted by molar-refractivity contribution is 7.55. The van der Waals surface area contributed by atoms with Crippen LogP contribution in [0.1, 0.15) is 26.2 Å². The Balaban J connectivity index is 5.43. The Morgan fingerprint density at radius 1 is 1.04 bits per heavy atom. The van der Waals surface area contributed by atoms with E-state index >= 15 is 0 Å². The molecule has 0 spiro atoms. The van der Waals surface area contributed by atoms with Gasteiger partial charge >= 0.3 is 21.2 Å². The van der Waals surface area contributed by atoms with Crippen molar-refractivity contribution in [3.63, 3.8) is 0 Å². The van der Waals surface area contributed by atoms with Crippen LogP contribution >= 0.6 is 15.2 Å². The summed E-state index contributed by atoms with van der Waals surface area (Å²) in [5.74, 6) is 0.169. The molecule has 0 amide bonds. The molecule has 10 nitrogen and oxygen atoms in total. The number of rotatable bonds is 12. The zero-order valence-electron chi connectivity index (χ0n) is 13.9. The van der Waals surface area contributed by atoms with E-state index in [1.54, 1.807) is 0 Å². The lowest BCUT2D eigenvalue weighted by atomic mass is 9.92. The summed E-state index contributed by atoms with van der Waals surface area (Å²) in [4.78, 5) is 48.5. The van der Waals surface area contributed by atoms with Gasteiger partial charge in [-0.3, -0.25) is 18.8 Å². The quantitative estimate of drug-likeness (QED) is 0.201. The van der Waals surface area contributed by atoms with E-state index in [2.05, 4.69) is 0 Å². The number of carbonyl (C=O) groups is 1. The van der Waals surface area contributed by atoms with Crippen LogP contribution in [0.5, 0.6) is 0 Å². The Morgan fingerprint density at radius 3 is 1.80 bits per heavy atom. The molecular weight excluding hydrogens is 374 g/mol. The molecule has 0 radical (unpaired) electrons. The van der Waals surface area contributed by atoms with Crippen LogP contribution in [-0.4, -0.2) is 60.7 Å². The van der Waals surface area contributed by atoms with Gasteiger partial charge in [0.2, 0.25) is 0 Å². The first-order valence-electron chi connectivity index (χ1n) is 7.46. The van der Waals surface area contributed by atoms with Crippen LogP contribution in [0.4, 0.5) is 0 Å². The lowest BCUT2D eigenvalue weighted by Gasteiger charge is -2.37. The molecule has 0 aliphatic carbocycles. The molecule has 0 rings (SSSR count). The van der Waals surface area contributed by atoms with Gasteiger partial charge in [0.25, 0.3) is 0 Å². The monoisotopic (exact) mass is 400 g/mol. The molecule has 0 aliphatic heterocycles. The fraction of sp³-hybridized carbons (Fsp3) is 0.615. The maximum Gasteiger partial charge on any atom is 0.348 e. The maximum absolute atomic E-state index is 11.7. The van der Waals surface area contributed by atoms with Gasteiger partial charge in [0.15, 0.2) is 0 Å². The van der Waals surface area contributed by atoms with E-state index in [0.717, 1.165) is 12.2 Å². The summed E-state index contributed by atoms with van der Waals surface area (Å²) in [5.41, 5.74) is 4.01. The molecule has 0 aromatic heterocycles. The topological polar surface area (TPSA) is 182 Å². The Bertz CT molecular complexity index is 549. The van der Waals surface area contributed by atoms with E-state index < -0.39 is 26.7 Å². The van der Waals surface area contributed by atoms with Gasteiger partial charge in [-0.15, -0.1) is 0 Å².